The third-order valence-electron chi connectivity index (χ3n) is 5.66. The molecule has 0 aromatic heterocycles. The van der Waals surface area contributed by atoms with Crippen LogP contribution in [-0.4, -0.2) is 35.4 Å². The van der Waals surface area contributed by atoms with Crippen molar-refractivity contribution in [3.63, 3.8) is 0 Å². The van der Waals surface area contributed by atoms with E-state index in [-0.39, 0.29) is 30.2 Å². The summed E-state index contributed by atoms with van der Waals surface area (Å²) in [5, 5.41) is 18.9. The van der Waals surface area contributed by atoms with E-state index in [1.54, 1.807) is 6.07 Å². The molecule has 2 fully saturated rings. The van der Waals surface area contributed by atoms with Gasteiger partial charge >= 0.3 is 0 Å². The Hall–Kier alpha value is -3.30. The maximum atomic E-state index is 13.2. The second-order valence-corrected chi connectivity index (χ2v) is 7.75. The number of nitro benzene ring substituents is 1. The first kappa shape index (κ1) is 20.0. The fourth-order valence-corrected chi connectivity index (χ4v) is 4.09. The number of Topliss-reactive ketones (excluding diaryl/α,β-unsaturated/α-hetero) is 1. The molecule has 4 unspecified atom stereocenters. The molecule has 2 saturated heterocycles. The summed E-state index contributed by atoms with van der Waals surface area (Å²) in [5.41, 5.74) is 5.60. The molecular formula is C21H23N5O4. The minimum absolute atomic E-state index is 0.122. The van der Waals surface area contributed by atoms with Crippen LogP contribution >= 0.6 is 0 Å². The van der Waals surface area contributed by atoms with Crippen LogP contribution in [0.25, 0.3) is 0 Å². The lowest BCUT2D eigenvalue weighted by atomic mass is 9.83. The highest BCUT2D eigenvalue weighted by Gasteiger charge is 2.50. The fraction of sp³-hybridized carbons (Fsp3) is 0.333. The number of non-ortho nitro benzene ring substituents is 1. The number of hydrogen-bond acceptors (Lipinski definition) is 7. The number of piperidine rings is 1. The van der Waals surface area contributed by atoms with Crippen LogP contribution in [0.15, 0.2) is 48.5 Å². The summed E-state index contributed by atoms with van der Waals surface area (Å²) in [6.07, 6.45) is -0.253. The number of hydrazine groups is 1. The number of amides is 1. The maximum Gasteiger partial charge on any atom is 0.271 e. The summed E-state index contributed by atoms with van der Waals surface area (Å²) in [7, 11) is 0. The molecule has 9 nitrogen and oxygen atoms in total. The molecule has 9 heteroatoms. The lowest BCUT2D eigenvalue weighted by Crippen LogP contribution is -2.58. The number of anilines is 2. The quantitative estimate of drug-likeness (QED) is 0.402. The second kappa shape index (κ2) is 7.85. The van der Waals surface area contributed by atoms with Crippen molar-refractivity contribution >= 4 is 28.8 Å². The highest BCUT2D eigenvalue weighted by atomic mass is 16.6. The molecule has 0 aliphatic carbocycles. The standard InChI is InChI=1S/C21H23N5O4/c1-12-6-8-15(9-7-12)25-20-18(13(2)24-25)19(27)17(11-22-20)21(28)23-14-4-3-5-16(10-14)26(29)30/h3-10,13,17-18,20,22,24H,11H2,1-2H3,(H,23,28). The summed E-state index contributed by atoms with van der Waals surface area (Å²) in [5.74, 6) is -1.88. The monoisotopic (exact) mass is 409 g/mol. The van der Waals surface area contributed by atoms with Crippen LogP contribution in [0.5, 0.6) is 0 Å². The molecule has 4 atom stereocenters. The van der Waals surface area contributed by atoms with E-state index in [1.165, 1.54) is 18.2 Å². The number of rotatable bonds is 4. The number of fused-ring (bicyclic) bond motifs is 1. The van der Waals surface area contributed by atoms with E-state index in [4.69, 9.17) is 0 Å². The molecule has 2 aliphatic rings. The van der Waals surface area contributed by atoms with Crippen LogP contribution in [0.2, 0.25) is 0 Å². The highest BCUT2D eigenvalue weighted by molar-refractivity contribution is 6.09. The van der Waals surface area contributed by atoms with E-state index in [2.05, 4.69) is 16.1 Å². The molecule has 2 aliphatic heterocycles. The van der Waals surface area contributed by atoms with Gasteiger partial charge < -0.3 is 5.32 Å². The Labute approximate surface area is 173 Å². The zero-order valence-electron chi connectivity index (χ0n) is 16.7. The van der Waals surface area contributed by atoms with E-state index in [0.717, 1.165) is 11.3 Å². The number of nitrogens with one attached hydrogen (secondary N) is 3. The molecule has 2 aromatic rings. The van der Waals surface area contributed by atoms with Crippen LogP contribution in [0.4, 0.5) is 17.1 Å². The Morgan fingerprint density at radius 2 is 1.97 bits per heavy atom. The predicted octanol–water partition coefficient (Wildman–Crippen LogP) is 1.99. The van der Waals surface area contributed by atoms with E-state index < -0.39 is 22.7 Å². The zero-order chi connectivity index (χ0) is 21.4. The number of benzene rings is 2. The lowest BCUT2D eigenvalue weighted by Gasteiger charge is -2.35. The SMILES string of the molecule is Cc1ccc(N2NC(C)C3C(=O)C(C(=O)Nc4cccc([N+](=O)[O-])c4)CNC32)cc1. The van der Waals surface area contributed by atoms with Gasteiger partial charge in [0.05, 0.1) is 16.5 Å². The summed E-state index contributed by atoms with van der Waals surface area (Å²) in [6.45, 7) is 4.13. The van der Waals surface area contributed by atoms with E-state index in [9.17, 15) is 19.7 Å². The van der Waals surface area contributed by atoms with Crippen LogP contribution in [0.3, 0.4) is 0 Å². The van der Waals surface area contributed by atoms with Crippen LogP contribution in [-0.2, 0) is 9.59 Å². The predicted molar refractivity (Wildman–Crippen MR) is 112 cm³/mol. The molecule has 1 amide bonds. The van der Waals surface area contributed by atoms with Crippen molar-refractivity contribution in [1.29, 1.82) is 0 Å². The summed E-state index contributed by atoms with van der Waals surface area (Å²) in [6, 6.07) is 13.5. The Balaban J connectivity index is 1.49. The Bertz CT molecular complexity index is 993. The summed E-state index contributed by atoms with van der Waals surface area (Å²) < 4.78 is 0. The van der Waals surface area contributed by atoms with Crippen molar-refractivity contribution in [2.45, 2.75) is 26.1 Å². The maximum absolute atomic E-state index is 13.2. The number of carbonyl (C=O) groups is 2. The molecule has 156 valence electrons. The van der Waals surface area contributed by atoms with Crippen LogP contribution < -0.4 is 21.1 Å². The largest absolute Gasteiger partial charge is 0.325 e. The van der Waals surface area contributed by atoms with Gasteiger partial charge in [0.1, 0.15) is 12.1 Å². The van der Waals surface area contributed by atoms with Gasteiger partial charge in [-0.15, -0.1) is 0 Å². The minimum atomic E-state index is -0.868. The van der Waals surface area contributed by atoms with Gasteiger partial charge in [0, 0.05) is 30.4 Å². The van der Waals surface area contributed by atoms with Gasteiger partial charge in [0.2, 0.25) is 5.91 Å². The van der Waals surface area contributed by atoms with Crippen molar-refractivity contribution < 1.29 is 14.5 Å². The van der Waals surface area contributed by atoms with Crippen molar-refractivity contribution in [3.8, 4) is 0 Å². The van der Waals surface area contributed by atoms with Crippen molar-refractivity contribution in [2.24, 2.45) is 11.8 Å². The normalized spacial score (nSPS) is 25.7. The first-order chi connectivity index (χ1) is 14.3. The van der Waals surface area contributed by atoms with Gasteiger partial charge in [0.25, 0.3) is 5.69 Å². The van der Waals surface area contributed by atoms with E-state index >= 15 is 0 Å². The molecule has 0 saturated carbocycles. The lowest BCUT2D eigenvalue weighted by molar-refractivity contribution is -0.384. The highest BCUT2D eigenvalue weighted by Crippen LogP contribution is 2.32. The third-order valence-corrected chi connectivity index (χ3v) is 5.66. The molecule has 0 radical (unpaired) electrons. The number of nitrogens with zero attached hydrogens (tertiary/aromatic N) is 2. The first-order valence-electron chi connectivity index (χ1n) is 9.79. The molecule has 3 N–H and O–H groups in total. The van der Waals surface area contributed by atoms with Crippen LogP contribution in [0, 0.1) is 28.9 Å². The Morgan fingerprint density at radius 3 is 2.67 bits per heavy atom. The molecule has 2 heterocycles. The van der Waals surface area contributed by atoms with Gasteiger partial charge in [0.15, 0.2) is 5.78 Å². The van der Waals surface area contributed by atoms with Crippen molar-refractivity contribution in [2.75, 3.05) is 16.9 Å². The topological polar surface area (TPSA) is 117 Å². The fourth-order valence-electron chi connectivity index (χ4n) is 4.09. The third kappa shape index (κ3) is 3.64. The smallest absolute Gasteiger partial charge is 0.271 e. The Morgan fingerprint density at radius 1 is 1.23 bits per heavy atom. The van der Waals surface area contributed by atoms with Crippen LogP contribution in [0.1, 0.15) is 12.5 Å². The van der Waals surface area contributed by atoms with Crippen molar-refractivity contribution in [3.05, 3.63) is 64.2 Å². The zero-order valence-corrected chi connectivity index (χ0v) is 16.7. The minimum Gasteiger partial charge on any atom is -0.325 e. The number of ketones is 1. The van der Waals surface area contributed by atoms with Crippen molar-refractivity contribution in [1.82, 2.24) is 10.7 Å². The average molecular weight is 409 g/mol. The number of aryl methyl sites for hydroxylation is 1. The summed E-state index contributed by atoms with van der Waals surface area (Å²) in [4.78, 5) is 36.4. The van der Waals surface area contributed by atoms with E-state index in [1.807, 2.05) is 43.1 Å². The summed E-state index contributed by atoms with van der Waals surface area (Å²) >= 11 is 0. The van der Waals surface area contributed by atoms with Gasteiger partial charge in [-0.25, -0.2) is 5.43 Å². The number of hydrogen-bond donors (Lipinski definition) is 3. The number of carbonyl (C=O) groups excluding carboxylic acids is 2. The van der Waals surface area contributed by atoms with Gasteiger partial charge in [-0.2, -0.15) is 0 Å². The van der Waals surface area contributed by atoms with E-state index in [0.29, 0.717) is 5.69 Å². The number of nitro groups is 1. The van der Waals surface area contributed by atoms with Gasteiger partial charge in [-0.1, -0.05) is 23.8 Å². The van der Waals surface area contributed by atoms with Gasteiger partial charge in [-0.05, 0) is 32.0 Å². The second-order valence-electron chi connectivity index (χ2n) is 7.75. The molecule has 0 spiro atoms. The average Bonchev–Trinajstić information content (AvgIpc) is 3.06. The molecular weight excluding hydrogens is 386 g/mol. The Kier molecular flexibility index (Phi) is 5.23. The molecule has 30 heavy (non-hydrogen) atoms. The molecule has 0 bridgehead atoms. The molecule has 4 rings (SSSR count). The molecule has 2 aromatic carbocycles. The van der Waals surface area contributed by atoms with Gasteiger partial charge in [-0.3, -0.25) is 30.0 Å². The first-order valence-corrected chi connectivity index (χ1v) is 9.79.